The van der Waals surface area contributed by atoms with Crippen LogP contribution in [0.5, 0.6) is 0 Å². The van der Waals surface area contributed by atoms with Gasteiger partial charge in [0.2, 0.25) is 6.54 Å². The Hall–Kier alpha value is -1.43. The van der Waals surface area contributed by atoms with Crippen LogP contribution in [0.1, 0.15) is 11.9 Å². The topological polar surface area (TPSA) is 81.2 Å². The maximum Gasteiger partial charge on any atom is 0.236 e. The second-order valence-electron chi connectivity index (χ2n) is 2.43. The number of hydrogen-bond acceptors (Lipinski definition) is 4. The summed E-state index contributed by atoms with van der Waals surface area (Å²) >= 11 is 0. The lowest BCUT2D eigenvalue weighted by Gasteiger charge is -2.04. The molecule has 1 unspecified atom stereocenters. The van der Waals surface area contributed by atoms with E-state index >= 15 is 0 Å². The van der Waals surface area contributed by atoms with E-state index < -0.39 is 17.6 Å². The van der Waals surface area contributed by atoms with Gasteiger partial charge in [0.1, 0.15) is 5.82 Å². The third-order valence-electron chi connectivity index (χ3n) is 1.48. The van der Waals surface area contributed by atoms with Gasteiger partial charge in [0.25, 0.3) is 0 Å². The van der Waals surface area contributed by atoms with Crippen molar-refractivity contribution in [2.24, 2.45) is 7.05 Å². The lowest BCUT2D eigenvalue weighted by Crippen LogP contribution is -2.15. The Bertz CT molecular complexity index is 283. The van der Waals surface area contributed by atoms with Gasteiger partial charge in [-0.05, 0) is 0 Å². The summed E-state index contributed by atoms with van der Waals surface area (Å²) in [4.78, 5) is 13.2. The molecule has 0 spiro atoms. The van der Waals surface area contributed by atoms with Crippen molar-refractivity contribution in [1.82, 2.24) is 9.55 Å². The Kier molecular flexibility index (Phi) is 2.39. The largest absolute Gasteiger partial charge is 0.379 e. The first-order valence-corrected chi connectivity index (χ1v) is 3.38. The first kappa shape index (κ1) is 8.66. The molecule has 0 aliphatic heterocycles. The third-order valence-corrected chi connectivity index (χ3v) is 1.48. The highest BCUT2D eigenvalue weighted by Gasteiger charge is 2.17. The molecule has 6 heteroatoms. The molecule has 0 aromatic carbocycles. The molecule has 6 nitrogen and oxygen atoms in total. The molecule has 66 valence electrons. The number of aromatic nitrogens is 2. The Balaban J connectivity index is 2.71. The fourth-order valence-corrected chi connectivity index (χ4v) is 0.921. The minimum absolute atomic E-state index is 0.312. The minimum Gasteiger partial charge on any atom is -0.379 e. The van der Waals surface area contributed by atoms with Crippen molar-refractivity contribution >= 4 is 0 Å². The van der Waals surface area contributed by atoms with Gasteiger partial charge >= 0.3 is 0 Å². The zero-order chi connectivity index (χ0) is 9.14. The third kappa shape index (κ3) is 1.79. The van der Waals surface area contributed by atoms with Crippen LogP contribution >= 0.6 is 0 Å². The molecule has 0 amide bonds. The van der Waals surface area contributed by atoms with E-state index in [-0.39, 0.29) is 0 Å². The maximum atomic E-state index is 10.0. The molecule has 0 aliphatic carbocycles. The average Bonchev–Trinajstić information content (AvgIpc) is 2.33. The number of hydrogen-bond donors (Lipinski definition) is 1. The average molecular weight is 171 g/mol. The van der Waals surface area contributed by atoms with Crippen LogP contribution in [0.15, 0.2) is 12.4 Å². The predicted molar refractivity (Wildman–Crippen MR) is 40.0 cm³/mol. The Labute approximate surface area is 68.6 Å². The summed E-state index contributed by atoms with van der Waals surface area (Å²) in [6.07, 6.45) is 1.98. The van der Waals surface area contributed by atoms with E-state index in [4.69, 9.17) is 0 Å². The Morgan fingerprint density at radius 2 is 2.58 bits per heavy atom. The van der Waals surface area contributed by atoms with Crippen LogP contribution in [-0.4, -0.2) is 26.1 Å². The van der Waals surface area contributed by atoms with Gasteiger partial charge in [0, 0.05) is 24.4 Å². The Morgan fingerprint density at radius 1 is 1.92 bits per heavy atom. The molecule has 0 radical (unpaired) electrons. The number of aryl methyl sites for hydroxylation is 1. The molecule has 0 fully saturated rings. The smallest absolute Gasteiger partial charge is 0.236 e. The van der Waals surface area contributed by atoms with Crippen molar-refractivity contribution in [2.75, 3.05) is 6.54 Å². The summed E-state index contributed by atoms with van der Waals surface area (Å²) in [5.74, 6) is 0.312. The van der Waals surface area contributed by atoms with Gasteiger partial charge in [-0.15, -0.1) is 0 Å². The number of nitro groups is 1. The van der Waals surface area contributed by atoms with E-state index in [1.165, 1.54) is 6.20 Å². The number of aliphatic hydroxyl groups excluding tert-OH is 1. The van der Waals surface area contributed by atoms with Crippen molar-refractivity contribution in [1.29, 1.82) is 0 Å². The SMILES string of the molecule is Cn1ccnc1C(O)C[N+](=O)[O-]. The Morgan fingerprint density at radius 3 is 3.00 bits per heavy atom. The second-order valence-corrected chi connectivity index (χ2v) is 2.43. The molecule has 1 N–H and O–H groups in total. The molecular formula is C6H9N3O3. The van der Waals surface area contributed by atoms with Gasteiger partial charge in [-0.1, -0.05) is 0 Å². The van der Waals surface area contributed by atoms with Crippen molar-refractivity contribution in [3.63, 3.8) is 0 Å². The summed E-state index contributed by atoms with van der Waals surface area (Å²) in [6.45, 7) is -0.509. The van der Waals surface area contributed by atoms with Gasteiger partial charge in [-0.2, -0.15) is 0 Å². The molecular weight excluding hydrogens is 162 g/mol. The molecule has 1 aromatic heterocycles. The van der Waals surface area contributed by atoms with Crippen LogP contribution in [0.2, 0.25) is 0 Å². The molecule has 0 saturated carbocycles. The van der Waals surface area contributed by atoms with Gasteiger partial charge in [0.15, 0.2) is 6.10 Å². The standard InChI is InChI=1S/C6H9N3O3/c1-8-3-2-7-6(8)5(10)4-9(11)12/h2-3,5,10H,4H2,1H3. The van der Waals surface area contributed by atoms with E-state index in [2.05, 4.69) is 4.98 Å². The summed E-state index contributed by atoms with van der Waals surface area (Å²) in [5, 5.41) is 19.3. The van der Waals surface area contributed by atoms with Crippen molar-refractivity contribution in [2.45, 2.75) is 6.10 Å². The van der Waals surface area contributed by atoms with Crippen LogP contribution < -0.4 is 0 Å². The zero-order valence-electron chi connectivity index (χ0n) is 6.54. The monoisotopic (exact) mass is 171 g/mol. The number of nitrogens with zero attached hydrogens (tertiary/aromatic N) is 3. The van der Waals surface area contributed by atoms with E-state index in [0.717, 1.165) is 0 Å². The highest BCUT2D eigenvalue weighted by atomic mass is 16.6. The van der Waals surface area contributed by atoms with E-state index in [0.29, 0.717) is 5.82 Å². The molecule has 0 bridgehead atoms. The zero-order valence-corrected chi connectivity index (χ0v) is 6.54. The number of aliphatic hydroxyl groups is 1. The van der Waals surface area contributed by atoms with Crippen LogP contribution in [-0.2, 0) is 7.05 Å². The van der Waals surface area contributed by atoms with Crippen LogP contribution in [0.25, 0.3) is 0 Å². The molecule has 1 aromatic rings. The predicted octanol–water partition coefficient (Wildman–Crippen LogP) is -0.270. The van der Waals surface area contributed by atoms with Crippen LogP contribution in [0.4, 0.5) is 0 Å². The highest BCUT2D eigenvalue weighted by molar-refractivity contribution is 4.94. The quantitative estimate of drug-likeness (QED) is 0.501. The van der Waals surface area contributed by atoms with Gasteiger partial charge in [-0.25, -0.2) is 4.98 Å². The van der Waals surface area contributed by atoms with Crippen molar-refractivity contribution < 1.29 is 10.0 Å². The fourth-order valence-electron chi connectivity index (χ4n) is 0.921. The van der Waals surface area contributed by atoms with Gasteiger partial charge in [0.05, 0.1) is 0 Å². The molecule has 0 saturated heterocycles. The van der Waals surface area contributed by atoms with Gasteiger partial charge in [-0.3, -0.25) is 10.1 Å². The first-order chi connectivity index (χ1) is 5.61. The maximum absolute atomic E-state index is 10.0. The van der Waals surface area contributed by atoms with Crippen LogP contribution in [0, 0.1) is 10.1 Å². The van der Waals surface area contributed by atoms with Crippen molar-refractivity contribution in [3.8, 4) is 0 Å². The minimum atomic E-state index is -1.13. The summed E-state index contributed by atoms with van der Waals surface area (Å²) in [5.41, 5.74) is 0. The van der Waals surface area contributed by atoms with E-state index in [9.17, 15) is 15.2 Å². The second kappa shape index (κ2) is 3.31. The van der Waals surface area contributed by atoms with Crippen LogP contribution in [0.3, 0.4) is 0 Å². The first-order valence-electron chi connectivity index (χ1n) is 3.38. The lowest BCUT2D eigenvalue weighted by molar-refractivity contribution is -0.491. The molecule has 1 rings (SSSR count). The summed E-state index contributed by atoms with van der Waals surface area (Å²) < 4.78 is 1.55. The molecule has 1 atom stereocenters. The summed E-state index contributed by atoms with van der Waals surface area (Å²) in [7, 11) is 1.67. The molecule has 0 aliphatic rings. The summed E-state index contributed by atoms with van der Waals surface area (Å²) in [6, 6.07) is 0. The molecule has 1 heterocycles. The van der Waals surface area contributed by atoms with Crippen molar-refractivity contribution in [3.05, 3.63) is 28.3 Å². The molecule has 12 heavy (non-hydrogen) atoms. The van der Waals surface area contributed by atoms with Gasteiger partial charge < -0.3 is 9.67 Å². The van der Waals surface area contributed by atoms with E-state index in [1.54, 1.807) is 17.8 Å². The van der Waals surface area contributed by atoms with E-state index in [1.807, 2.05) is 0 Å². The normalized spacial score (nSPS) is 12.8. The fraction of sp³-hybridized carbons (Fsp3) is 0.500. The lowest BCUT2D eigenvalue weighted by atomic mass is 10.3. The highest BCUT2D eigenvalue weighted by Crippen LogP contribution is 2.08. The number of imidazole rings is 1. The number of rotatable bonds is 3.